The smallest absolute Gasteiger partial charge is 0.222 e. The van der Waals surface area contributed by atoms with E-state index in [1.807, 2.05) is 38.1 Å². The predicted molar refractivity (Wildman–Crippen MR) is 103 cm³/mol. The summed E-state index contributed by atoms with van der Waals surface area (Å²) >= 11 is 0. The van der Waals surface area contributed by atoms with Gasteiger partial charge in [-0.2, -0.15) is 0 Å². The van der Waals surface area contributed by atoms with Crippen molar-refractivity contribution in [2.75, 3.05) is 11.1 Å². The lowest BCUT2D eigenvalue weighted by atomic mass is 10.0. The molecule has 2 aromatic rings. The molecule has 1 aliphatic carbocycles. The molecule has 5 heteroatoms. The van der Waals surface area contributed by atoms with Crippen LogP contribution < -0.4 is 11.1 Å². The van der Waals surface area contributed by atoms with Gasteiger partial charge in [0, 0.05) is 18.2 Å². The molecule has 1 fully saturated rings. The molecular formula is C20H28N4O. The normalized spacial score (nSPS) is 13.9. The number of anilines is 2. The summed E-state index contributed by atoms with van der Waals surface area (Å²) in [4.78, 5) is 20.6. The van der Waals surface area contributed by atoms with E-state index in [2.05, 4.69) is 10.3 Å². The van der Waals surface area contributed by atoms with Crippen molar-refractivity contribution in [3.8, 4) is 11.3 Å². The first-order chi connectivity index (χ1) is 12.1. The molecule has 0 saturated heterocycles. The Hall–Kier alpha value is -2.43. The maximum atomic E-state index is 11.4. The summed E-state index contributed by atoms with van der Waals surface area (Å²) in [5, 5.41) is 2.80. The van der Waals surface area contributed by atoms with Crippen LogP contribution in [0.25, 0.3) is 11.3 Å². The highest BCUT2D eigenvalue weighted by Crippen LogP contribution is 2.30. The summed E-state index contributed by atoms with van der Waals surface area (Å²) in [5.74, 6) is 1.11. The minimum atomic E-state index is -0.118. The van der Waals surface area contributed by atoms with Crippen molar-refractivity contribution < 1.29 is 4.79 Å². The molecule has 5 nitrogen and oxygen atoms in total. The van der Waals surface area contributed by atoms with Crippen LogP contribution in [-0.4, -0.2) is 15.9 Å². The molecule has 0 spiro atoms. The number of aromatic nitrogens is 2. The molecule has 1 saturated carbocycles. The van der Waals surface area contributed by atoms with E-state index < -0.39 is 0 Å². The second kappa shape index (κ2) is 9.16. The Morgan fingerprint density at radius 2 is 1.84 bits per heavy atom. The summed E-state index contributed by atoms with van der Waals surface area (Å²) in [6.07, 6.45) is 7.59. The van der Waals surface area contributed by atoms with Crippen LogP contribution in [0.3, 0.4) is 0 Å². The lowest BCUT2D eigenvalue weighted by Gasteiger charge is -2.13. The van der Waals surface area contributed by atoms with E-state index in [0.717, 1.165) is 29.1 Å². The number of benzene rings is 1. The van der Waals surface area contributed by atoms with Gasteiger partial charge in [0.15, 0.2) is 5.82 Å². The molecule has 134 valence electrons. The minimum absolute atomic E-state index is 0.118. The molecule has 3 N–H and O–H groups in total. The molecule has 0 aliphatic heterocycles. The topological polar surface area (TPSA) is 80.9 Å². The monoisotopic (exact) mass is 340 g/mol. The van der Waals surface area contributed by atoms with Gasteiger partial charge in [0.1, 0.15) is 0 Å². The number of carbonyl (C=O) groups excluding carboxylic acids is 1. The summed E-state index contributed by atoms with van der Waals surface area (Å²) in [6.45, 7) is 5.49. The molecule has 0 bridgehead atoms. The zero-order valence-corrected chi connectivity index (χ0v) is 15.4. The van der Waals surface area contributed by atoms with Crippen LogP contribution >= 0.6 is 0 Å². The third-order valence-corrected chi connectivity index (χ3v) is 4.30. The molecule has 1 aromatic carbocycles. The van der Waals surface area contributed by atoms with Gasteiger partial charge in [-0.25, -0.2) is 9.97 Å². The number of hydrogen-bond acceptors (Lipinski definition) is 4. The Bertz CT molecular complexity index is 691. The van der Waals surface area contributed by atoms with E-state index in [-0.39, 0.29) is 5.91 Å². The second-order valence-electron chi connectivity index (χ2n) is 6.21. The Labute approximate surface area is 150 Å². The maximum absolute atomic E-state index is 11.4. The summed E-state index contributed by atoms with van der Waals surface area (Å²) < 4.78 is 0. The Balaban J connectivity index is 0.00000109. The molecule has 25 heavy (non-hydrogen) atoms. The van der Waals surface area contributed by atoms with Gasteiger partial charge in [-0.05, 0) is 24.5 Å². The van der Waals surface area contributed by atoms with Crippen LogP contribution in [0.15, 0.2) is 30.5 Å². The van der Waals surface area contributed by atoms with Crippen LogP contribution in [0.4, 0.5) is 11.5 Å². The van der Waals surface area contributed by atoms with E-state index >= 15 is 0 Å². The fourth-order valence-corrected chi connectivity index (χ4v) is 3.12. The van der Waals surface area contributed by atoms with Crippen molar-refractivity contribution >= 4 is 17.4 Å². The van der Waals surface area contributed by atoms with Gasteiger partial charge >= 0.3 is 0 Å². The van der Waals surface area contributed by atoms with Crippen LogP contribution in [0.1, 0.15) is 52.1 Å². The van der Waals surface area contributed by atoms with E-state index in [1.54, 1.807) is 6.20 Å². The molecule has 1 aromatic heterocycles. The summed E-state index contributed by atoms with van der Waals surface area (Å²) in [6, 6.07) is 7.60. The highest BCUT2D eigenvalue weighted by Gasteiger charge is 2.19. The maximum Gasteiger partial charge on any atom is 0.222 e. The number of nitrogens with zero attached hydrogens (tertiary/aromatic N) is 2. The third kappa shape index (κ3) is 5.28. The van der Waals surface area contributed by atoms with Crippen molar-refractivity contribution in [2.45, 2.75) is 52.9 Å². The molecule has 0 unspecified atom stereocenters. The Morgan fingerprint density at radius 3 is 2.44 bits per heavy atom. The zero-order valence-electron chi connectivity index (χ0n) is 15.4. The number of nitrogens with one attached hydrogen (secondary N) is 1. The van der Waals surface area contributed by atoms with Gasteiger partial charge in [0.05, 0.1) is 17.6 Å². The SMILES string of the molecule is CC.CC(=O)Nc1ncc(-c2ccc(N)cc2)nc1CC1CCCC1. The number of carbonyl (C=O) groups is 1. The molecule has 1 aliphatic rings. The van der Waals surface area contributed by atoms with Crippen LogP contribution in [-0.2, 0) is 11.2 Å². The number of rotatable bonds is 4. The minimum Gasteiger partial charge on any atom is -0.399 e. The third-order valence-electron chi connectivity index (χ3n) is 4.30. The first-order valence-corrected chi connectivity index (χ1v) is 9.11. The number of nitrogen functional groups attached to an aromatic ring is 1. The van der Waals surface area contributed by atoms with Crippen LogP contribution in [0, 0.1) is 5.92 Å². The van der Waals surface area contributed by atoms with E-state index in [0.29, 0.717) is 11.7 Å². The number of nitrogens with two attached hydrogens (primary N) is 1. The summed E-state index contributed by atoms with van der Waals surface area (Å²) in [7, 11) is 0. The largest absolute Gasteiger partial charge is 0.399 e. The van der Waals surface area contributed by atoms with Gasteiger partial charge < -0.3 is 11.1 Å². The number of hydrogen-bond donors (Lipinski definition) is 2. The van der Waals surface area contributed by atoms with E-state index in [1.165, 1.54) is 32.6 Å². The predicted octanol–water partition coefficient (Wildman–Crippen LogP) is 4.44. The lowest BCUT2D eigenvalue weighted by molar-refractivity contribution is -0.114. The quantitative estimate of drug-likeness (QED) is 0.806. The van der Waals surface area contributed by atoms with E-state index in [9.17, 15) is 4.79 Å². The molecule has 0 atom stereocenters. The fraction of sp³-hybridized carbons (Fsp3) is 0.450. The van der Waals surface area contributed by atoms with Crippen molar-refractivity contribution in [1.82, 2.24) is 9.97 Å². The molecule has 0 radical (unpaired) electrons. The second-order valence-corrected chi connectivity index (χ2v) is 6.21. The van der Waals surface area contributed by atoms with Gasteiger partial charge in [-0.3, -0.25) is 4.79 Å². The molecule has 1 heterocycles. The van der Waals surface area contributed by atoms with Crippen LogP contribution in [0.5, 0.6) is 0 Å². The lowest BCUT2D eigenvalue weighted by Crippen LogP contribution is -2.13. The van der Waals surface area contributed by atoms with Gasteiger partial charge in [0.2, 0.25) is 5.91 Å². The average molecular weight is 340 g/mol. The summed E-state index contributed by atoms with van der Waals surface area (Å²) in [5.41, 5.74) is 9.13. The van der Waals surface area contributed by atoms with Gasteiger partial charge in [-0.1, -0.05) is 51.7 Å². The molecular weight excluding hydrogens is 312 g/mol. The first-order valence-electron chi connectivity index (χ1n) is 9.11. The number of amides is 1. The Morgan fingerprint density at radius 1 is 1.20 bits per heavy atom. The van der Waals surface area contributed by atoms with Crippen molar-refractivity contribution in [3.05, 3.63) is 36.2 Å². The zero-order chi connectivity index (χ0) is 18.2. The molecule has 3 rings (SSSR count). The van der Waals surface area contributed by atoms with Crippen molar-refractivity contribution in [2.24, 2.45) is 5.92 Å². The first kappa shape index (κ1) is 18.9. The standard InChI is InChI=1S/C18H22N4O.C2H6/c1-12(23)21-18-16(10-13-4-2-3-5-13)22-17(11-20-18)14-6-8-15(19)9-7-14;1-2/h6-9,11,13H,2-5,10,19H2,1H3,(H,20,21,23);1-2H3. The van der Waals surface area contributed by atoms with Gasteiger partial charge in [0.25, 0.3) is 0 Å². The fourth-order valence-electron chi connectivity index (χ4n) is 3.12. The van der Waals surface area contributed by atoms with Crippen molar-refractivity contribution in [1.29, 1.82) is 0 Å². The highest BCUT2D eigenvalue weighted by atomic mass is 16.1. The van der Waals surface area contributed by atoms with E-state index in [4.69, 9.17) is 10.7 Å². The van der Waals surface area contributed by atoms with Crippen molar-refractivity contribution in [3.63, 3.8) is 0 Å². The van der Waals surface area contributed by atoms with Crippen LogP contribution in [0.2, 0.25) is 0 Å². The Kier molecular flexibility index (Phi) is 6.92. The highest BCUT2D eigenvalue weighted by molar-refractivity contribution is 5.88. The van der Waals surface area contributed by atoms with Gasteiger partial charge in [-0.15, -0.1) is 0 Å². The molecule has 1 amide bonds. The average Bonchev–Trinajstić information content (AvgIpc) is 3.12.